The summed E-state index contributed by atoms with van der Waals surface area (Å²) in [5.74, 6) is -0.619. The Morgan fingerprint density at radius 3 is 2.35 bits per heavy atom. The number of nitrogens with zero attached hydrogens (tertiary/aromatic N) is 1. The van der Waals surface area contributed by atoms with Gasteiger partial charge in [0.1, 0.15) is 0 Å². The van der Waals surface area contributed by atoms with E-state index < -0.39 is 5.82 Å². The van der Waals surface area contributed by atoms with E-state index in [0.717, 1.165) is 0 Å². The van der Waals surface area contributed by atoms with E-state index in [1.807, 2.05) is 0 Å². The van der Waals surface area contributed by atoms with Crippen molar-refractivity contribution in [1.82, 2.24) is 4.98 Å². The van der Waals surface area contributed by atoms with Crippen LogP contribution in [0.3, 0.4) is 0 Å². The molecule has 0 saturated carbocycles. The van der Waals surface area contributed by atoms with Gasteiger partial charge < -0.3 is 0 Å². The van der Waals surface area contributed by atoms with Crippen molar-refractivity contribution in [1.29, 1.82) is 0 Å². The maximum atomic E-state index is 13.3. The van der Waals surface area contributed by atoms with Crippen LogP contribution < -0.4 is 0 Å². The molecule has 0 radical (unpaired) electrons. The zero-order chi connectivity index (χ0) is 12.6. The zero-order valence-corrected chi connectivity index (χ0v) is 11.2. The summed E-state index contributed by atoms with van der Waals surface area (Å²) >= 11 is 23.2. The standard InChI is InChI=1S/C11H4Cl4FN/c12-7-2-1-6(9(13)10(7)14)5-3-8(16)11(15)17-4-5/h1-4H. The number of hydrogen-bond acceptors (Lipinski definition) is 1. The summed E-state index contributed by atoms with van der Waals surface area (Å²) in [7, 11) is 0. The molecule has 0 aliphatic heterocycles. The van der Waals surface area contributed by atoms with Crippen LogP contribution in [0.5, 0.6) is 0 Å². The predicted octanol–water partition coefficient (Wildman–Crippen LogP) is 5.50. The van der Waals surface area contributed by atoms with Crippen molar-refractivity contribution in [3.63, 3.8) is 0 Å². The van der Waals surface area contributed by atoms with Gasteiger partial charge in [0.2, 0.25) is 0 Å². The second-order valence-electron chi connectivity index (χ2n) is 3.22. The molecular weight excluding hydrogens is 307 g/mol. The Labute approximate surface area is 117 Å². The number of benzene rings is 1. The lowest BCUT2D eigenvalue weighted by molar-refractivity contribution is 0.622. The van der Waals surface area contributed by atoms with E-state index in [4.69, 9.17) is 46.4 Å². The summed E-state index contributed by atoms with van der Waals surface area (Å²) < 4.78 is 13.3. The molecule has 1 aromatic carbocycles. The van der Waals surface area contributed by atoms with Gasteiger partial charge >= 0.3 is 0 Å². The van der Waals surface area contributed by atoms with E-state index in [9.17, 15) is 4.39 Å². The van der Waals surface area contributed by atoms with Gasteiger partial charge in [-0.05, 0) is 12.1 Å². The molecule has 6 heteroatoms. The fourth-order valence-electron chi connectivity index (χ4n) is 1.32. The van der Waals surface area contributed by atoms with Crippen molar-refractivity contribution < 1.29 is 4.39 Å². The predicted molar refractivity (Wildman–Crippen MR) is 69.7 cm³/mol. The molecule has 0 aliphatic rings. The van der Waals surface area contributed by atoms with Gasteiger partial charge in [0.05, 0.1) is 15.1 Å². The first kappa shape index (κ1) is 12.9. The van der Waals surface area contributed by atoms with Gasteiger partial charge in [-0.15, -0.1) is 0 Å². The van der Waals surface area contributed by atoms with Crippen molar-refractivity contribution in [3.8, 4) is 11.1 Å². The first-order chi connectivity index (χ1) is 8.00. The van der Waals surface area contributed by atoms with E-state index in [1.54, 1.807) is 12.1 Å². The van der Waals surface area contributed by atoms with E-state index in [-0.39, 0.29) is 15.2 Å². The largest absolute Gasteiger partial charge is 0.241 e. The lowest BCUT2D eigenvalue weighted by Crippen LogP contribution is -1.87. The SMILES string of the molecule is Fc1cc(-c2ccc(Cl)c(Cl)c2Cl)cnc1Cl. The Balaban J connectivity index is 2.61. The van der Waals surface area contributed by atoms with Crippen LogP contribution in [-0.4, -0.2) is 4.98 Å². The zero-order valence-electron chi connectivity index (χ0n) is 8.15. The topological polar surface area (TPSA) is 12.9 Å². The molecule has 88 valence electrons. The Hall–Kier alpha value is -0.540. The molecule has 0 fully saturated rings. The Morgan fingerprint density at radius 2 is 1.71 bits per heavy atom. The number of hydrogen-bond donors (Lipinski definition) is 0. The summed E-state index contributed by atoms with van der Waals surface area (Å²) in [5, 5.41) is 0.622. The number of pyridine rings is 1. The molecule has 0 spiro atoms. The Bertz CT molecular complexity index is 586. The second kappa shape index (κ2) is 4.99. The van der Waals surface area contributed by atoms with Crippen LogP contribution in [0, 0.1) is 5.82 Å². The first-order valence-electron chi connectivity index (χ1n) is 4.45. The van der Waals surface area contributed by atoms with Crippen LogP contribution in [0.1, 0.15) is 0 Å². The molecule has 0 unspecified atom stereocenters. The molecule has 0 atom stereocenters. The highest BCUT2D eigenvalue weighted by molar-refractivity contribution is 6.49. The highest BCUT2D eigenvalue weighted by atomic mass is 35.5. The van der Waals surface area contributed by atoms with Crippen molar-refractivity contribution in [3.05, 3.63) is 50.4 Å². The smallest absolute Gasteiger partial charge is 0.164 e. The van der Waals surface area contributed by atoms with E-state index >= 15 is 0 Å². The van der Waals surface area contributed by atoms with Crippen molar-refractivity contribution in [2.75, 3.05) is 0 Å². The summed E-state index contributed by atoms with van der Waals surface area (Å²) in [6.07, 6.45) is 1.41. The molecule has 2 aromatic rings. The summed E-state index contributed by atoms with van der Waals surface area (Å²) in [4.78, 5) is 3.70. The minimum Gasteiger partial charge on any atom is -0.241 e. The molecule has 0 aliphatic carbocycles. The number of halogens is 5. The molecule has 1 heterocycles. The summed E-state index contributed by atoms with van der Waals surface area (Å²) in [6.45, 7) is 0. The van der Waals surface area contributed by atoms with Crippen LogP contribution in [0.25, 0.3) is 11.1 Å². The average Bonchev–Trinajstić information content (AvgIpc) is 2.30. The average molecular weight is 311 g/mol. The van der Waals surface area contributed by atoms with E-state index in [1.165, 1.54) is 12.3 Å². The van der Waals surface area contributed by atoms with Gasteiger partial charge in [0.25, 0.3) is 0 Å². The van der Waals surface area contributed by atoms with Crippen LogP contribution in [0.2, 0.25) is 20.2 Å². The molecular formula is C11H4Cl4FN. The lowest BCUT2D eigenvalue weighted by atomic mass is 10.1. The van der Waals surface area contributed by atoms with Crippen LogP contribution >= 0.6 is 46.4 Å². The van der Waals surface area contributed by atoms with Crippen molar-refractivity contribution >= 4 is 46.4 Å². The van der Waals surface area contributed by atoms with Crippen LogP contribution in [0.4, 0.5) is 4.39 Å². The summed E-state index contributed by atoms with van der Waals surface area (Å²) in [6, 6.07) is 4.46. The lowest BCUT2D eigenvalue weighted by Gasteiger charge is -2.07. The summed E-state index contributed by atoms with van der Waals surface area (Å²) in [5.41, 5.74) is 1.03. The normalized spacial score (nSPS) is 10.6. The third kappa shape index (κ3) is 2.50. The molecule has 0 bridgehead atoms. The van der Waals surface area contributed by atoms with Crippen LogP contribution in [0.15, 0.2) is 24.4 Å². The van der Waals surface area contributed by atoms with Gasteiger partial charge in [-0.3, -0.25) is 0 Å². The van der Waals surface area contributed by atoms with Gasteiger partial charge in [-0.2, -0.15) is 0 Å². The van der Waals surface area contributed by atoms with Gasteiger partial charge in [0, 0.05) is 17.3 Å². The number of aromatic nitrogens is 1. The minimum atomic E-state index is -0.619. The third-order valence-electron chi connectivity index (χ3n) is 2.14. The Morgan fingerprint density at radius 1 is 1.00 bits per heavy atom. The second-order valence-corrected chi connectivity index (χ2v) is 4.74. The van der Waals surface area contributed by atoms with Gasteiger partial charge in [-0.1, -0.05) is 52.5 Å². The molecule has 0 saturated heterocycles. The fourth-order valence-corrected chi connectivity index (χ4v) is 2.07. The molecule has 0 N–H and O–H groups in total. The minimum absolute atomic E-state index is 0.190. The van der Waals surface area contributed by atoms with Crippen molar-refractivity contribution in [2.24, 2.45) is 0 Å². The quantitative estimate of drug-likeness (QED) is 0.500. The van der Waals surface area contributed by atoms with Gasteiger partial charge in [0.15, 0.2) is 11.0 Å². The third-order valence-corrected chi connectivity index (χ3v) is 3.71. The van der Waals surface area contributed by atoms with Gasteiger partial charge in [-0.25, -0.2) is 9.37 Å². The molecule has 1 aromatic heterocycles. The highest BCUT2D eigenvalue weighted by Crippen LogP contribution is 2.38. The number of rotatable bonds is 1. The fraction of sp³-hybridized carbons (Fsp3) is 0. The maximum absolute atomic E-state index is 13.3. The van der Waals surface area contributed by atoms with E-state index in [2.05, 4.69) is 4.98 Å². The van der Waals surface area contributed by atoms with E-state index in [0.29, 0.717) is 16.1 Å². The van der Waals surface area contributed by atoms with Crippen molar-refractivity contribution in [2.45, 2.75) is 0 Å². The molecule has 1 nitrogen and oxygen atoms in total. The molecule has 0 amide bonds. The highest BCUT2D eigenvalue weighted by Gasteiger charge is 2.12. The molecule has 17 heavy (non-hydrogen) atoms. The Kier molecular flexibility index (Phi) is 3.79. The molecule has 2 rings (SSSR count). The monoisotopic (exact) mass is 309 g/mol. The van der Waals surface area contributed by atoms with Crippen LogP contribution in [-0.2, 0) is 0 Å². The maximum Gasteiger partial charge on any atom is 0.164 e. The first-order valence-corrected chi connectivity index (χ1v) is 5.97.